The van der Waals surface area contributed by atoms with Crippen LogP contribution in [0.4, 0.5) is 0 Å². The number of amides is 1. The van der Waals surface area contributed by atoms with Gasteiger partial charge in [0, 0.05) is 58.6 Å². The number of unbranched alkanes of at least 4 members (excludes halogenated alkanes) is 1. The molecule has 1 amide bonds. The second kappa shape index (κ2) is 13.0. The molecule has 0 aliphatic rings. The van der Waals surface area contributed by atoms with E-state index in [2.05, 4.69) is 15.6 Å². The Labute approximate surface area is 189 Å². The first kappa shape index (κ1) is 24.7. The molecule has 2 aromatic rings. The minimum atomic E-state index is -0.00486. The van der Waals surface area contributed by atoms with Crippen molar-refractivity contribution in [3.05, 3.63) is 70.1 Å². The van der Waals surface area contributed by atoms with Gasteiger partial charge in [0.1, 0.15) is 0 Å². The van der Waals surface area contributed by atoms with Crippen LogP contribution in [0.1, 0.15) is 28.8 Å². The highest BCUT2D eigenvalue weighted by Gasteiger charge is 2.07. The topological polar surface area (TPSA) is 78.7 Å². The summed E-state index contributed by atoms with van der Waals surface area (Å²) < 4.78 is 1.72. The van der Waals surface area contributed by atoms with Crippen LogP contribution in [0.5, 0.6) is 0 Å². The third-order valence-electron chi connectivity index (χ3n) is 4.31. The van der Waals surface area contributed by atoms with E-state index in [1.54, 1.807) is 42.7 Å². The van der Waals surface area contributed by atoms with Crippen molar-refractivity contribution in [2.45, 2.75) is 25.9 Å². The number of carbonyl (C=O) groups is 1. The van der Waals surface area contributed by atoms with Crippen molar-refractivity contribution in [3.63, 3.8) is 0 Å². The van der Waals surface area contributed by atoms with Gasteiger partial charge in [0.15, 0.2) is 5.96 Å². The van der Waals surface area contributed by atoms with Gasteiger partial charge in [-0.25, -0.2) is 0 Å². The van der Waals surface area contributed by atoms with E-state index in [0.717, 1.165) is 30.9 Å². The first-order chi connectivity index (χ1) is 13.5. The highest BCUT2D eigenvalue weighted by Crippen LogP contribution is 2.06. The molecular formula is C21H30IN5O2. The molecule has 0 atom stereocenters. The van der Waals surface area contributed by atoms with E-state index >= 15 is 0 Å². The molecule has 0 bridgehead atoms. The van der Waals surface area contributed by atoms with Gasteiger partial charge >= 0.3 is 0 Å². The number of nitrogens with one attached hydrogen (secondary N) is 2. The van der Waals surface area contributed by atoms with Crippen LogP contribution in [-0.2, 0) is 13.1 Å². The molecule has 0 spiro atoms. The summed E-state index contributed by atoms with van der Waals surface area (Å²) in [5.74, 6) is 0.722. The summed E-state index contributed by atoms with van der Waals surface area (Å²) in [6, 6.07) is 12.7. The van der Waals surface area contributed by atoms with Gasteiger partial charge in [0.05, 0.1) is 0 Å². The molecule has 0 unspecified atom stereocenters. The predicted octanol–water partition coefficient (Wildman–Crippen LogP) is 2.31. The molecule has 0 aliphatic carbocycles. The maximum absolute atomic E-state index is 11.9. The fraction of sp³-hybridized carbons (Fsp3) is 0.381. The Morgan fingerprint density at radius 2 is 1.79 bits per heavy atom. The first-order valence-corrected chi connectivity index (χ1v) is 9.42. The number of halogens is 1. The van der Waals surface area contributed by atoms with Crippen molar-refractivity contribution < 1.29 is 4.79 Å². The Hall–Kier alpha value is -2.36. The first-order valence-electron chi connectivity index (χ1n) is 9.42. The number of aryl methyl sites for hydroxylation is 1. The van der Waals surface area contributed by atoms with Gasteiger partial charge in [0.25, 0.3) is 5.91 Å². The van der Waals surface area contributed by atoms with E-state index in [1.807, 2.05) is 36.5 Å². The highest BCUT2D eigenvalue weighted by atomic mass is 127. The van der Waals surface area contributed by atoms with Gasteiger partial charge in [-0.1, -0.05) is 18.2 Å². The van der Waals surface area contributed by atoms with Crippen molar-refractivity contribution >= 4 is 35.8 Å². The molecule has 0 fully saturated rings. The Bertz CT molecular complexity index is 847. The second-order valence-electron chi connectivity index (χ2n) is 6.69. The monoisotopic (exact) mass is 511 g/mol. The van der Waals surface area contributed by atoms with E-state index in [-0.39, 0.29) is 35.4 Å². The van der Waals surface area contributed by atoms with Crippen LogP contribution >= 0.6 is 24.0 Å². The number of benzene rings is 1. The van der Waals surface area contributed by atoms with Gasteiger partial charge in [-0.2, -0.15) is 0 Å². The summed E-state index contributed by atoms with van der Waals surface area (Å²) >= 11 is 0. The van der Waals surface area contributed by atoms with Gasteiger partial charge < -0.3 is 20.1 Å². The molecule has 1 aromatic carbocycles. The van der Waals surface area contributed by atoms with E-state index in [1.165, 1.54) is 0 Å². The third-order valence-corrected chi connectivity index (χ3v) is 4.31. The van der Waals surface area contributed by atoms with Crippen molar-refractivity contribution in [3.8, 4) is 0 Å². The lowest BCUT2D eigenvalue weighted by molar-refractivity contribution is 0.0827. The lowest BCUT2D eigenvalue weighted by atomic mass is 10.1. The van der Waals surface area contributed by atoms with Crippen LogP contribution in [0.2, 0.25) is 0 Å². The molecule has 0 saturated carbocycles. The Balaban J connectivity index is 0.00000420. The molecular weight excluding hydrogens is 481 g/mol. The quantitative estimate of drug-likeness (QED) is 0.247. The van der Waals surface area contributed by atoms with Crippen LogP contribution in [0, 0.1) is 0 Å². The Morgan fingerprint density at radius 1 is 1.07 bits per heavy atom. The minimum Gasteiger partial charge on any atom is -0.356 e. The molecule has 29 heavy (non-hydrogen) atoms. The number of aromatic nitrogens is 1. The van der Waals surface area contributed by atoms with Crippen LogP contribution in [0.15, 0.2) is 58.4 Å². The summed E-state index contributed by atoms with van der Waals surface area (Å²) in [6.07, 6.45) is 3.66. The zero-order valence-corrected chi connectivity index (χ0v) is 19.6. The normalized spacial score (nSPS) is 10.8. The molecule has 0 aliphatic heterocycles. The van der Waals surface area contributed by atoms with Crippen LogP contribution in [-0.4, -0.2) is 49.0 Å². The molecule has 7 nitrogen and oxygen atoms in total. The Morgan fingerprint density at radius 3 is 2.41 bits per heavy atom. The maximum Gasteiger partial charge on any atom is 0.253 e. The number of pyridine rings is 1. The number of nitrogens with zero attached hydrogens (tertiary/aromatic N) is 3. The summed E-state index contributed by atoms with van der Waals surface area (Å²) in [7, 11) is 5.22. The standard InChI is InChI=1S/C21H29N5O2.HI/c1-22-21(23-13-5-7-15-26-14-6-4-8-19(26)27)24-16-17-9-11-18(12-10-17)20(28)25(2)3;/h4,6,8-12,14H,5,7,13,15-16H2,1-3H3,(H2,22,23,24);1H. The fourth-order valence-electron chi connectivity index (χ4n) is 2.69. The average molecular weight is 511 g/mol. The van der Waals surface area contributed by atoms with E-state index in [4.69, 9.17) is 0 Å². The third kappa shape index (κ3) is 8.26. The number of hydrogen-bond donors (Lipinski definition) is 2. The lowest BCUT2D eigenvalue weighted by Gasteiger charge is -2.13. The predicted molar refractivity (Wildman–Crippen MR) is 128 cm³/mol. The van der Waals surface area contributed by atoms with Gasteiger partial charge in [0.2, 0.25) is 5.56 Å². The van der Waals surface area contributed by atoms with E-state index < -0.39 is 0 Å². The molecule has 1 heterocycles. The molecule has 158 valence electrons. The summed E-state index contributed by atoms with van der Waals surface area (Å²) in [4.78, 5) is 29.3. The number of hydrogen-bond acceptors (Lipinski definition) is 3. The molecule has 8 heteroatoms. The average Bonchev–Trinajstić information content (AvgIpc) is 2.71. The molecule has 0 saturated heterocycles. The van der Waals surface area contributed by atoms with E-state index in [0.29, 0.717) is 18.7 Å². The number of rotatable bonds is 8. The number of carbonyl (C=O) groups excluding carboxylic acids is 1. The SMILES string of the molecule is CN=C(NCCCCn1ccccc1=O)NCc1ccc(C(=O)N(C)C)cc1.I. The van der Waals surface area contributed by atoms with Gasteiger partial charge in [-0.15, -0.1) is 24.0 Å². The molecule has 2 N–H and O–H groups in total. The second-order valence-corrected chi connectivity index (χ2v) is 6.69. The van der Waals surface area contributed by atoms with Crippen molar-refractivity contribution in [1.29, 1.82) is 0 Å². The van der Waals surface area contributed by atoms with Gasteiger partial charge in [-0.05, 0) is 36.6 Å². The molecule has 2 rings (SSSR count). The minimum absolute atomic E-state index is 0. The van der Waals surface area contributed by atoms with Crippen LogP contribution in [0.25, 0.3) is 0 Å². The zero-order chi connectivity index (χ0) is 20.4. The molecule has 1 aromatic heterocycles. The lowest BCUT2D eigenvalue weighted by Crippen LogP contribution is -2.37. The number of aliphatic imine (C=N–C) groups is 1. The fourth-order valence-corrected chi connectivity index (χ4v) is 2.69. The largest absolute Gasteiger partial charge is 0.356 e. The van der Waals surface area contributed by atoms with Gasteiger partial charge in [-0.3, -0.25) is 14.6 Å². The summed E-state index contributed by atoms with van der Waals surface area (Å²) in [5.41, 5.74) is 1.78. The summed E-state index contributed by atoms with van der Waals surface area (Å²) in [6.45, 7) is 2.11. The maximum atomic E-state index is 11.9. The van der Waals surface area contributed by atoms with Crippen LogP contribution in [0.3, 0.4) is 0 Å². The molecule has 0 radical (unpaired) electrons. The zero-order valence-electron chi connectivity index (χ0n) is 17.2. The smallest absolute Gasteiger partial charge is 0.253 e. The highest BCUT2D eigenvalue weighted by molar-refractivity contribution is 14.0. The number of guanidine groups is 1. The Kier molecular flexibility index (Phi) is 11.0. The van der Waals surface area contributed by atoms with E-state index in [9.17, 15) is 9.59 Å². The van der Waals surface area contributed by atoms with Crippen molar-refractivity contribution in [2.24, 2.45) is 4.99 Å². The summed E-state index contributed by atoms with van der Waals surface area (Å²) in [5, 5.41) is 6.54. The van der Waals surface area contributed by atoms with Crippen LogP contribution < -0.4 is 16.2 Å². The van der Waals surface area contributed by atoms with Crippen molar-refractivity contribution in [2.75, 3.05) is 27.7 Å². The van der Waals surface area contributed by atoms with Crippen molar-refractivity contribution in [1.82, 2.24) is 20.1 Å².